The van der Waals surface area contributed by atoms with E-state index >= 15 is 0 Å². The molecule has 18 heavy (non-hydrogen) atoms. The van der Waals surface area contributed by atoms with Crippen molar-refractivity contribution in [3.63, 3.8) is 0 Å². The van der Waals surface area contributed by atoms with Crippen molar-refractivity contribution in [2.24, 2.45) is 0 Å². The molecule has 6 heteroatoms. The van der Waals surface area contributed by atoms with Crippen LogP contribution in [0, 0.1) is 0 Å². The van der Waals surface area contributed by atoms with Crippen LogP contribution in [0.1, 0.15) is 34.6 Å². The second-order valence-electron chi connectivity index (χ2n) is 5.24. The van der Waals surface area contributed by atoms with Gasteiger partial charge in [-0.25, -0.2) is 0 Å². The number of rotatable bonds is 6. The lowest BCUT2D eigenvalue weighted by Crippen LogP contribution is -2.41. The minimum Gasteiger partial charge on any atom is -0.366 e. The molecule has 0 aromatic heterocycles. The summed E-state index contributed by atoms with van der Waals surface area (Å²) in [5.41, 5.74) is 0. The molecule has 0 saturated carbocycles. The van der Waals surface area contributed by atoms with Gasteiger partial charge in [0.2, 0.25) is 0 Å². The highest BCUT2D eigenvalue weighted by Gasteiger charge is 2.46. The molecule has 1 aliphatic heterocycles. The highest BCUT2D eigenvalue weighted by atomic mass is 16.8. The van der Waals surface area contributed by atoms with E-state index in [0.29, 0.717) is 6.29 Å². The number of hydrogen-bond donors (Lipinski definition) is 1. The van der Waals surface area contributed by atoms with E-state index < -0.39 is 30.1 Å². The third kappa shape index (κ3) is 4.62. The van der Waals surface area contributed by atoms with E-state index in [2.05, 4.69) is 0 Å². The van der Waals surface area contributed by atoms with Crippen molar-refractivity contribution in [3.05, 3.63) is 0 Å². The zero-order chi connectivity index (χ0) is 14.0. The first-order chi connectivity index (χ1) is 8.14. The second kappa shape index (κ2) is 5.63. The monoisotopic (exact) mass is 262 g/mol. The van der Waals surface area contributed by atoms with Crippen LogP contribution in [0.3, 0.4) is 0 Å². The Morgan fingerprint density at radius 3 is 2.56 bits per heavy atom. The Morgan fingerprint density at radius 2 is 2.06 bits per heavy atom. The van der Waals surface area contributed by atoms with Gasteiger partial charge in [0.05, 0.1) is 6.10 Å². The van der Waals surface area contributed by atoms with Gasteiger partial charge in [0, 0.05) is 0 Å². The van der Waals surface area contributed by atoms with Crippen molar-refractivity contribution in [3.8, 4) is 0 Å². The molecule has 1 N–H and O–H groups in total. The number of hydrogen-bond acceptors (Lipinski definition) is 6. The smallest absolute Gasteiger partial charge is 0.190 e. The first-order valence-corrected chi connectivity index (χ1v) is 5.96. The van der Waals surface area contributed by atoms with Crippen LogP contribution >= 0.6 is 0 Å². The fraction of sp³-hybridized carbons (Fsp3) is 0.917. The largest absolute Gasteiger partial charge is 0.366 e. The van der Waals surface area contributed by atoms with Gasteiger partial charge in [-0.1, -0.05) is 0 Å². The fourth-order valence-electron chi connectivity index (χ4n) is 1.86. The molecule has 0 aliphatic carbocycles. The molecule has 0 amide bonds. The molecule has 1 rings (SSSR count). The Balaban J connectivity index is 2.67. The summed E-state index contributed by atoms with van der Waals surface area (Å²) in [6.07, 6.45) is -0.995. The first-order valence-electron chi connectivity index (χ1n) is 5.96. The van der Waals surface area contributed by atoms with Gasteiger partial charge in [0.1, 0.15) is 19.0 Å². The van der Waals surface area contributed by atoms with Gasteiger partial charge in [-0.15, -0.1) is 0 Å². The third-order valence-electron chi connectivity index (χ3n) is 2.35. The topological polar surface area (TPSA) is 74.2 Å². The van der Waals surface area contributed by atoms with Crippen LogP contribution in [0.4, 0.5) is 0 Å². The fourth-order valence-corrected chi connectivity index (χ4v) is 1.86. The van der Waals surface area contributed by atoms with E-state index in [0.717, 1.165) is 0 Å². The summed E-state index contributed by atoms with van der Waals surface area (Å²) in [6.45, 7) is 8.25. The summed E-state index contributed by atoms with van der Waals surface area (Å²) in [7, 11) is 0. The summed E-state index contributed by atoms with van der Waals surface area (Å²) in [5.74, 6) is -2.08. The standard InChI is InChI=1S/C12H22O6/c1-8(16-11(2,3)14)9-10(15-7-6-13)18-12(4,5)17-9/h6,8-10,14H,7H2,1-5H3/t8-,9+,10+/m1/s1. The SMILES string of the molecule is C[C@@H](OC(C)(C)O)[C@@H]1OC(C)(C)O[C@@H]1OCC=O. The van der Waals surface area contributed by atoms with E-state index in [1.54, 1.807) is 20.8 Å². The first kappa shape index (κ1) is 15.5. The number of carbonyl (C=O) groups excluding carboxylic acids is 1. The Hall–Kier alpha value is -0.530. The van der Waals surface area contributed by atoms with Crippen molar-refractivity contribution >= 4 is 6.29 Å². The molecule has 1 saturated heterocycles. The molecular formula is C12H22O6. The van der Waals surface area contributed by atoms with E-state index in [1.165, 1.54) is 13.8 Å². The van der Waals surface area contributed by atoms with E-state index in [9.17, 15) is 9.90 Å². The molecule has 3 atom stereocenters. The zero-order valence-electron chi connectivity index (χ0n) is 11.5. The van der Waals surface area contributed by atoms with Crippen LogP contribution in [0.15, 0.2) is 0 Å². The van der Waals surface area contributed by atoms with Crippen LogP contribution in [0.25, 0.3) is 0 Å². The molecule has 0 bridgehead atoms. The van der Waals surface area contributed by atoms with E-state index in [1.807, 2.05) is 0 Å². The van der Waals surface area contributed by atoms with Gasteiger partial charge in [-0.2, -0.15) is 0 Å². The predicted molar refractivity (Wildman–Crippen MR) is 62.7 cm³/mol. The maximum atomic E-state index is 10.3. The van der Waals surface area contributed by atoms with Crippen molar-refractivity contribution in [2.75, 3.05) is 6.61 Å². The molecule has 1 aliphatic rings. The molecule has 0 spiro atoms. The average molecular weight is 262 g/mol. The van der Waals surface area contributed by atoms with Gasteiger partial charge >= 0.3 is 0 Å². The molecule has 1 heterocycles. The highest BCUT2D eigenvalue weighted by molar-refractivity contribution is 5.50. The molecule has 0 unspecified atom stereocenters. The summed E-state index contributed by atoms with van der Waals surface area (Å²) in [5, 5.41) is 9.63. The zero-order valence-corrected chi connectivity index (χ0v) is 11.5. The molecule has 0 radical (unpaired) electrons. The van der Waals surface area contributed by atoms with Gasteiger partial charge in [0.25, 0.3) is 0 Å². The van der Waals surface area contributed by atoms with Crippen LogP contribution in [0.2, 0.25) is 0 Å². The van der Waals surface area contributed by atoms with Crippen LogP contribution in [-0.2, 0) is 23.7 Å². The maximum absolute atomic E-state index is 10.3. The molecule has 106 valence electrons. The van der Waals surface area contributed by atoms with Crippen molar-refractivity contribution < 1.29 is 28.8 Å². The van der Waals surface area contributed by atoms with Crippen LogP contribution in [-0.4, -0.2) is 48.1 Å². The van der Waals surface area contributed by atoms with Crippen molar-refractivity contribution in [2.45, 2.75) is 64.7 Å². The lowest BCUT2D eigenvalue weighted by molar-refractivity contribution is -0.234. The summed E-state index contributed by atoms with van der Waals surface area (Å²) in [6, 6.07) is 0. The normalized spacial score (nSPS) is 29.2. The molecule has 0 aromatic rings. The quantitative estimate of drug-likeness (QED) is 0.564. The second-order valence-corrected chi connectivity index (χ2v) is 5.24. The van der Waals surface area contributed by atoms with Crippen molar-refractivity contribution in [1.82, 2.24) is 0 Å². The number of aldehydes is 1. The van der Waals surface area contributed by atoms with Gasteiger partial charge in [0.15, 0.2) is 17.9 Å². The van der Waals surface area contributed by atoms with Crippen LogP contribution in [0.5, 0.6) is 0 Å². The van der Waals surface area contributed by atoms with Gasteiger partial charge in [-0.3, -0.25) is 0 Å². The number of aliphatic hydroxyl groups is 1. The lowest BCUT2D eigenvalue weighted by atomic mass is 10.2. The van der Waals surface area contributed by atoms with Crippen LogP contribution < -0.4 is 0 Å². The lowest BCUT2D eigenvalue weighted by Gasteiger charge is -2.29. The van der Waals surface area contributed by atoms with E-state index in [4.69, 9.17) is 18.9 Å². The number of carbonyl (C=O) groups is 1. The summed E-state index contributed by atoms with van der Waals surface area (Å²) in [4.78, 5) is 10.3. The van der Waals surface area contributed by atoms with E-state index in [-0.39, 0.29) is 6.61 Å². The minimum atomic E-state index is -1.27. The Bertz CT molecular complexity index is 283. The maximum Gasteiger partial charge on any atom is 0.190 e. The molecule has 0 aromatic carbocycles. The highest BCUT2D eigenvalue weighted by Crippen LogP contribution is 2.32. The van der Waals surface area contributed by atoms with Gasteiger partial charge < -0.3 is 28.8 Å². The number of ether oxygens (including phenoxy) is 4. The molecular weight excluding hydrogens is 240 g/mol. The van der Waals surface area contributed by atoms with Gasteiger partial charge in [-0.05, 0) is 34.6 Å². The molecule has 6 nitrogen and oxygen atoms in total. The predicted octanol–water partition coefficient (Wildman–Crippen LogP) is 0.813. The Kier molecular flexibility index (Phi) is 4.85. The average Bonchev–Trinajstić information content (AvgIpc) is 2.48. The van der Waals surface area contributed by atoms with Crippen molar-refractivity contribution in [1.29, 1.82) is 0 Å². The third-order valence-corrected chi connectivity index (χ3v) is 2.35. The summed E-state index contributed by atoms with van der Waals surface area (Å²) < 4.78 is 21.9. The Labute approximate surface area is 107 Å². The summed E-state index contributed by atoms with van der Waals surface area (Å²) >= 11 is 0. The molecule has 1 fully saturated rings. The minimum absolute atomic E-state index is 0.0736. The Morgan fingerprint density at radius 1 is 1.44 bits per heavy atom.